The Morgan fingerprint density at radius 3 is 2.52 bits per heavy atom. The topological polar surface area (TPSA) is 60.3 Å². The lowest BCUT2D eigenvalue weighted by atomic mass is 10.0. The molecular weight excluding hydrogens is 364 g/mol. The molecule has 146 valence electrons. The molecule has 0 bridgehead atoms. The maximum absolute atomic E-state index is 12.7. The van der Waals surface area contributed by atoms with Gasteiger partial charge in [-0.2, -0.15) is 0 Å². The number of esters is 1. The van der Waals surface area contributed by atoms with Crippen LogP contribution in [0.2, 0.25) is 0 Å². The molecule has 0 aliphatic carbocycles. The maximum Gasteiger partial charge on any atom is 0.340 e. The maximum atomic E-state index is 12.7. The highest BCUT2D eigenvalue weighted by Crippen LogP contribution is 2.23. The van der Waals surface area contributed by atoms with E-state index in [0.29, 0.717) is 5.56 Å². The predicted octanol–water partition coefficient (Wildman–Crippen LogP) is 4.46. The molecule has 0 saturated carbocycles. The van der Waals surface area contributed by atoms with Crippen LogP contribution in [0.5, 0.6) is 0 Å². The Bertz CT molecular complexity index is 1210. The number of nitrogens with zero attached hydrogens (tertiary/aromatic N) is 1. The van der Waals surface area contributed by atoms with E-state index in [4.69, 9.17) is 4.74 Å². The molecule has 0 aliphatic heterocycles. The summed E-state index contributed by atoms with van der Waals surface area (Å²) in [5, 5.41) is 6.14. The van der Waals surface area contributed by atoms with Crippen LogP contribution in [0, 0.1) is 0 Å². The molecule has 1 amide bonds. The fourth-order valence-electron chi connectivity index (χ4n) is 3.65. The van der Waals surface area contributed by atoms with Gasteiger partial charge in [0.2, 0.25) is 5.91 Å². The lowest BCUT2D eigenvalue weighted by Gasteiger charge is -2.16. The molecule has 1 heterocycles. The second-order valence-corrected chi connectivity index (χ2v) is 7.08. The third-order valence-electron chi connectivity index (χ3n) is 5.16. The number of amides is 1. The largest absolute Gasteiger partial charge is 0.465 e. The Balaban J connectivity index is 1.54. The van der Waals surface area contributed by atoms with E-state index in [1.165, 1.54) is 12.5 Å². The SMILES string of the molecule is COC(=O)c1cn(CC(=O)NC(C)c2ccc3ccccc3c2)c2ccccc12. The first-order valence-electron chi connectivity index (χ1n) is 9.51. The molecule has 4 aromatic rings. The van der Waals surface area contributed by atoms with Gasteiger partial charge in [0, 0.05) is 17.1 Å². The normalized spacial score (nSPS) is 12.1. The summed E-state index contributed by atoms with van der Waals surface area (Å²) in [6, 6.07) is 21.7. The van der Waals surface area contributed by atoms with Crippen molar-refractivity contribution in [2.75, 3.05) is 7.11 Å². The third-order valence-corrected chi connectivity index (χ3v) is 5.16. The number of nitrogens with one attached hydrogen (secondary N) is 1. The van der Waals surface area contributed by atoms with E-state index in [9.17, 15) is 9.59 Å². The number of para-hydroxylation sites is 1. The number of carbonyl (C=O) groups excluding carboxylic acids is 2. The molecule has 1 N–H and O–H groups in total. The zero-order chi connectivity index (χ0) is 20.4. The molecule has 1 aromatic heterocycles. The fraction of sp³-hybridized carbons (Fsp3) is 0.167. The Hall–Kier alpha value is -3.60. The molecule has 0 aliphatic rings. The zero-order valence-electron chi connectivity index (χ0n) is 16.4. The second kappa shape index (κ2) is 7.80. The Kier molecular flexibility index (Phi) is 5.04. The van der Waals surface area contributed by atoms with Crippen LogP contribution in [0.3, 0.4) is 0 Å². The predicted molar refractivity (Wildman–Crippen MR) is 114 cm³/mol. The minimum absolute atomic E-state index is 0.120. The number of methoxy groups -OCH3 is 1. The van der Waals surface area contributed by atoms with Gasteiger partial charge in [0.05, 0.1) is 18.7 Å². The van der Waals surface area contributed by atoms with Crippen molar-refractivity contribution in [3.05, 3.63) is 84.1 Å². The average molecular weight is 386 g/mol. The highest BCUT2D eigenvalue weighted by molar-refractivity contribution is 6.04. The van der Waals surface area contributed by atoms with Crippen molar-refractivity contribution in [3.63, 3.8) is 0 Å². The molecule has 1 unspecified atom stereocenters. The summed E-state index contributed by atoms with van der Waals surface area (Å²) in [6.07, 6.45) is 1.68. The Morgan fingerprint density at radius 1 is 1.00 bits per heavy atom. The van der Waals surface area contributed by atoms with Gasteiger partial charge in [-0.05, 0) is 35.4 Å². The summed E-state index contributed by atoms with van der Waals surface area (Å²) in [4.78, 5) is 24.8. The number of aromatic nitrogens is 1. The van der Waals surface area contributed by atoms with Crippen LogP contribution in [-0.2, 0) is 16.1 Å². The van der Waals surface area contributed by atoms with E-state index >= 15 is 0 Å². The molecule has 0 radical (unpaired) electrons. The van der Waals surface area contributed by atoms with Crippen molar-refractivity contribution >= 4 is 33.6 Å². The second-order valence-electron chi connectivity index (χ2n) is 7.08. The highest BCUT2D eigenvalue weighted by Gasteiger charge is 2.17. The summed E-state index contributed by atoms with van der Waals surface area (Å²) >= 11 is 0. The number of fused-ring (bicyclic) bond motifs is 2. The number of carbonyl (C=O) groups is 2. The molecule has 5 nitrogen and oxygen atoms in total. The van der Waals surface area contributed by atoms with Crippen molar-refractivity contribution in [2.24, 2.45) is 0 Å². The van der Waals surface area contributed by atoms with E-state index in [0.717, 1.165) is 21.9 Å². The van der Waals surface area contributed by atoms with Gasteiger partial charge in [-0.1, -0.05) is 54.6 Å². The van der Waals surface area contributed by atoms with Gasteiger partial charge in [0.25, 0.3) is 0 Å². The summed E-state index contributed by atoms with van der Waals surface area (Å²) in [6.45, 7) is 2.09. The summed E-state index contributed by atoms with van der Waals surface area (Å²) in [5.74, 6) is -0.535. The summed E-state index contributed by atoms with van der Waals surface area (Å²) in [5.41, 5.74) is 2.32. The first kappa shape index (κ1) is 18.7. The lowest BCUT2D eigenvalue weighted by molar-refractivity contribution is -0.122. The van der Waals surface area contributed by atoms with Crippen molar-refractivity contribution in [2.45, 2.75) is 19.5 Å². The number of ether oxygens (including phenoxy) is 1. The number of benzene rings is 3. The van der Waals surface area contributed by atoms with Gasteiger partial charge in [-0.25, -0.2) is 4.79 Å². The van der Waals surface area contributed by atoms with Crippen molar-refractivity contribution in [1.82, 2.24) is 9.88 Å². The molecule has 5 heteroatoms. The van der Waals surface area contributed by atoms with Gasteiger partial charge >= 0.3 is 5.97 Å². The van der Waals surface area contributed by atoms with Crippen molar-refractivity contribution in [3.8, 4) is 0 Å². The average Bonchev–Trinajstić information content (AvgIpc) is 3.11. The van der Waals surface area contributed by atoms with Gasteiger partial charge in [-0.15, -0.1) is 0 Å². The molecule has 3 aromatic carbocycles. The van der Waals surface area contributed by atoms with Crippen LogP contribution < -0.4 is 5.32 Å². The molecule has 1 atom stereocenters. The molecule has 0 spiro atoms. The van der Waals surface area contributed by atoms with E-state index in [1.807, 2.05) is 49.4 Å². The van der Waals surface area contributed by atoms with E-state index in [2.05, 4.69) is 29.6 Å². The Labute approximate surface area is 168 Å². The first-order chi connectivity index (χ1) is 14.1. The lowest BCUT2D eigenvalue weighted by Crippen LogP contribution is -2.29. The van der Waals surface area contributed by atoms with Crippen LogP contribution in [-0.4, -0.2) is 23.6 Å². The monoisotopic (exact) mass is 386 g/mol. The van der Waals surface area contributed by atoms with E-state index in [1.54, 1.807) is 10.8 Å². The molecular formula is C24H22N2O3. The van der Waals surface area contributed by atoms with Crippen molar-refractivity contribution in [1.29, 1.82) is 0 Å². The summed E-state index contributed by atoms with van der Waals surface area (Å²) < 4.78 is 6.65. The minimum atomic E-state index is -0.412. The first-order valence-corrected chi connectivity index (χ1v) is 9.51. The summed E-state index contributed by atoms with van der Waals surface area (Å²) in [7, 11) is 1.35. The molecule has 4 rings (SSSR count). The Morgan fingerprint density at radius 2 is 1.72 bits per heavy atom. The molecule has 0 fully saturated rings. The van der Waals surface area contributed by atoms with Crippen LogP contribution in [0.4, 0.5) is 0 Å². The van der Waals surface area contributed by atoms with Gasteiger partial charge in [0.1, 0.15) is 6.54 Å². The quantitative estimate of drug-likeness (QED) is 0.515. The molecule has 29 heavy (non-hydrogen) atoms. The van der Waals surface area contributed by atoms with Gasteiger partial charge in [0.15, 0.2) is 0 Å². The third kappa shape index (κ3) is 3.72. The number of rotatable bonds is 5. The fourth-order valence-corrected chi connectivity index (χ4v) is 3.65. The highest BCUT2D eigenvalue weighted by atomic mass is 16.5. The zero-order valence-corrected chi connectivity index (χ0v) is 16.4. The number of hydrogen-bond donors (Lipinski definition) is 1. The van der Waals surface area contributed by atoms with E-state index < -0.39 is 5.97 Å². The van der Waals surface area contributed by atoms with Crippen LogP contribution in [0.15, 0.2) is 72.9 Å². The van der Waals surface area contributed by atoms with Crippen molar-refractivity contribution < 1.29 is 14.3 Å². The van der Waals surface area contributed by atoms with E-state index in [-0.39, 0.29) is 18.5 Å². The standard InChI is InChI=1S/C24H22N2O3/c1-16(18-12-11-17-7-3-4-8-19(17)13-18)25-23(27)15-26-14-21(24(28)29-2)20-9-5-6-10-22(20)26/h3-14,16H,15H2,1-2H3,(H,25,27). The molecule has 0 saturated heterocycles. The van der Waals surface area contributed by atoms with Crippen LogP contribution in [0.25, 0.3) is 21.7 Å². The van der Waals surface area contributed by atoms with Gasteiger partial charge in [-0.3, -0.25) is 4.79 Å². The smallest absolute Gasteiger partial charge is 0.340 e. The van der Waals surface area contributed by atoms with Gasteiger partial charge < -0.3 is 14.6 Å². The minimum Gasteiger partial charge on any atom is -0.465 e. The number of hydrogen-bond acceptors (Lipinski definition) is 3. The van der Waals surface area contributed by atoms with Crippen LogP contribution >= 0.6 is 0 Å². The van der Waals surface area contributed by atoms with Crippen LogP contribution in [0.1, 0.15) is 28.9 Å².